The molecule has 2 N–H and O–H groups in total. The van der Waals surface area contributed by atoms with Crippen molar-refractivity contribution in [1.29, 1.82) is 0 Å². The lowest BCUT2D eigenvalue weighted by Gasteiger charge is -2.11. The first-order valence-electron chi connectivity index (χ1n) is 7.05. The number of rotatable bonds is 5. The Morgan fingerprint density at radius 3 is 2.41 bits per heavy atom. The molecule has 0 amide bonds. The van der Waals surface area contributed by atoms with E-state index in [1.54, 1.807) is 0 Å². The van der Waals surface area contributed by atoms with Gasteiger partial charge in [0.05, 0.1) is 6.54 Å². The SMILES string of the molecule is C=CCNC(=NCc1ccc(C)cc1)Nc1ccccc1.I. The Morgan fingerprint density at radius 1 is 1.09 bits per heavy atom. The van der Waals surface area contributed by atoms with Crippen LogP contribution in [-0.4, -0.2) is 12.5 Å². The largest absolute Gasteiger partial charge is 0.353 e. The Bertz CT molecular complexity index is 591. The highest BCUT2D eigenvalue weighted by Crippen LogP contribution is 2.07. The van der Waals surface area contributed by atoms with Crippen LogP contribution in [0, 0.1) is 6.92 Å². The van der Waals surface area contributed by atoms with Crippen molar-refractivity contribution in [2.45, 2.75) is 13.5 Å². The van der Waals surface area contributed by atoms with Gasteiger partial charge in [-0.3, -0.25) is 0 Å². The highest BCUT2D eigenvalue weighted by Gasteiger charge is 1.99. The van der Waals surface area contributed by atoms with E-state index in [4.69, 9.17) is 0 Å². The molecule has 0 fully saturated rings. The zero-order valence-electron chi connectivity index (χ0n) is 12.8. The fourth-order valence-corrected chi connectivity index (χ4v) is 1.83. The maximum absolute atomic E-state index is 4.60. The van der Waals surface area contributed by atoms with Crippen LogP contribution in [0.4, 0.5) is 5.69 Å². The van der Waals surface area contributed by atoms with E-state index in [0.717, 1.165) is 11.6 Å². The molecule has 2 aromatic carbocycles. The lowest BCUT2D eigenvalue weighted by Crippen LogP contribution is -2.30. The fraction of sp³-hybridized carbons (Fsp3) is 0.167. The number of hydrogen-bond donors (Lipinski definition) is 2. The lowest BCUT2D eigenvalue weighted by molar-refractivity contribution is 0.979. The molecule has 0 radical (unpaired) electrons. The number of nitrogens with one attached hydrogen (secondary N) is 2. The van der Waals surface area contributed by atoms with Gasteiger partial charge in [0.25, 0.3) is 0 Å². The minimum absolute atomic E-state index is 0. The van der Waals surface area contributed by atoms with E-state index in [2.05, 4.69) is 53.4 Å². The molecule has 0 unspecified atom stereocenters. The molecule has 3 nitrogen and oxygen atoms in total. The number of aryl methyl sites for hydroxylation is 1. The number of benzene rings is 2. The van der Waals surface area contributed by atoms with Gasteiger partial charge in [-0.15, -0.1) is 30.6 Å². The smallest absolute Gasteiger partial charge is 0.196 e. The molecule has 0 saturated carbocycles. The normalized spacial score (nSPS) is 10.5. The van der Waals surface area contributed by atoms with Crippen LogP contribution in [0.1, 0.15) is 11.1 Å². The van der Waals surface area contributed by atoms with Gasteiger partial charge in [0, 0.05) is 12.2 Å². The van der Waals surface area contributed by atoms with E-state index in [-0.39, 0.29) is 24.0 Å². The van der Waals surface area contributed by atoms with Gasteiger partial charge in [0.15, 0.2) is 5.96 Å². The molecular formula is C18H22IN3. The van der Waals surface area contributed by atoms with Gasteiger partial charge in [-0.2, -0.15) is 0 Å². The summed E-state index contributed by atoms with van der Waals surface area (Å²) in [5, 5.41) is 6.51. The maximum atomic E-state index is 4.60. The Balaban J connectivity index is 0.00000242. The molecule has 0 aromatic heterocycles. The summed E-state index contributed by atoms with van der Waals surface area (Å²) in [6.07, 6.45) is 1.81. The molecule has 0 aliphatic rings. The van der Waals surface area contributed by atoms with E-state index in [9.17, 15) is 0 Å². The van der Waals surface area contributed by atoms with Gasteiger partial charge < -0.3 is 10.6 Å². The molecule has 0 saturated heterocycles. The Hall–Kier alpha value is -1.82. The van der Waals surface area contributed by atoms with Crippen LogP contribution in [0.15, 0.2) is 72.2 Å². The number of hydrogen-bond acceptors (Lipinski definition) is 1. The molecule has 2 rings (SSSR count). The molecule has 0 bridgehead atoms. The molecule has 116 valence electrons. The number of aliphatic imine (C=N–C) groups is 1. The van der Waals surface area contributed by atoms with Crippen molar-refractivity contribution < 1.29 is 0 Å². The minimum atomic E-state index is 0. The number of anilines is 1. The molecule has 2 aromatic rings. The summed E-state index contributed by atoms with van der Waals surface area (Å²) in [6, 6.07) is 18.4. The summed E-state index contributed by atoms with van der Waals surface area (Å²) in [5.74, 6) is 0.752. The van der Waals surface area contributed by atoms with Crippen LogP contribution < -0.4 is 10.6 Å². The maximum Gasteiger partial charge on any atom is 0.196 e. The zero-order chi connectivity index (χ0) is 14.9. The van der Waals surface area contributed by atoms with E-state index in [1.807, 2.05) is 36.4 Å². The van der Waals surface area contributed by atoms with Crippen LogP contribution in [-0.2, 0) is 6.54 Å². The Kier molecular flexibility index (Phi) is 8.28. The molecule has 4 heteroatoms. The predicted octanol–water partition coefficient (Wildman–Crippen LogP) is 4.36. The summed E-state index contributed by atoms with van der Waals surface area (Å²) in [4.78, 5) is 4.60. The summed E-state index contributed by atoms with van der Waals surface area (Å²) < 4.78 is 0. The van der Waals surface area contributed by atoms with Crippen molar-refractivity contribution in [2.24, 2.45) is 4.99 Å². The predicted molar refractivity (Wildman–Crippen MR) is 106 cm³/mol. The third kappa shape index (κ3) is 6.30. The first-order valence-corrected chi connectivity index (χ1v) is 7.05. The summed E-state index contributed by atoms with van der Waals surface area (Å²) in [5.41, 5.74) is 3.46. The number of nitrogens with zero attached hydrogens (tertiary/aromatic N) is 1. The van der Waals surface area contributed by atoms with Crippen molar-refractivity contribution in [3.8, 4) is 0 Å². The van der Waals surface area contributed by atoms with Gasteiger partial charge in [0.1, 0.15) is 0 Å². The average Bonchev–Trinajstić information content (AvgIpc) is 2.52. The van der Waals surface area contributed by atoms with Crippen molar-refractivity contribution in [3.63, 3.8) is 0 Å². The fourth-order valence-electron chi connectivity index (χ4n) is 1.83. The first kappa shape index (κ1) is 18.2. The van der Waals surface area contributed by atoms with Gasteiger partial charge in [-0.05, 0) is 24.6 Å². The number of halogens is 1. The summed E-state index contributed by atoms with van der Waals surface area (Å²) >= 11 is 0. The van der Waals surface area contributed by atoms with E-state index in [0.29, 0.717) is 13.1 Å². The summed E-state index contributed by atoms with van der Waals surface area (Å²) in [6.45, 7) is 7.12. The lowest BCUT2D eigenvalue weighted by atomic mass is 10.1. The number of guanidine groups is 1. The van der Waals surface area contributed by atoms with Gasteiger partial charge in [-0.25, -0.2) is 4.99 Å². The van der Waals surface area contributed by atoms with Gasteiger partial charge >= 0.3 is 0 Å². The molecule has 0 aliphatic heterocycles. The highest BCUT2D eigenvalue weighted by molar-refractivity contribution is 14.0. The standard InChI is InChI=1S/C18H21N3.HI/c1-3-13-19-18(21-17-7-5-4-6-8-17)20-14-16-11-9-15(2)10-12-16;/h3-12H,1,13-14H2,2H3,(H2,19,20,21);1H. The van der Waals surface area contributed by atoms with Crippen LogP contribution >= 0.6 is 24.0 Å². The molecule has 0 atom stereocenters. The van der Waals surface area contributed by atoms with Gasteiger partial charge in [-0.1, -0.05) is 54.1 Å². The average molecular weight is 407 g/mol. The third-order valence-electron chi connectivity index (χ3n) is 2.99. The number of para-hydroxylation sites is 1. The van der Waals surface area contributed by atoms with Crippen LogP contribution in [0.25, 0.3) is 0 Å². The molecule has 0 heterocycles. The molecule has 0 aliphatic carbocycles. The summed E-state index contributed by atoms with van der Waals surface area (Å²) in [7, 11) is 0. The molecule has 0 spiro atoms. The monoisotopic (exact) mass is 407 g/mol. The van der Waals surface area contributed by atoms with Gasteiger partial charge in [0.2, 0.25) is 0 Å². The highest BCUT2D eigenvalue weighted by atomic mass is 127. The minimum Gasteiger partial charge on any atom is -0.353 e. The Morgan fingerprint density at radius 2 is 1.77 bits per heavy atom. The van der Waals surface area contributed by atoms with Crippen LogP contribution in [0.2, 0.25) is 0 Å². The third-order valence-corrected chi connectivity index (χ3v) is 2.99. The quantitative estimate of drug-likeness (QED) is 0.335. The van der Waals surface area contributed by atoms with Crippen molar-refractivity contribution in [2.75, 3.05) is 11.9 Å². The topological polar surface area (TPSA) is 36.4 Å². The van der Waals surface area contributed by atoms with Crippen LogP contribution in [0.5, 0.6) is 0 Å². The first-order chi connectivity index (χ1) is 10.3. The van der Waals surface area contributed by atoms with Crippen molar-refractivity contribution >= 4 is 35.6 Å². The van der Waals surface area contributed by atoms with E-state index < -0.39 is 0 Å². The van der Waals surface area contributed by atoms with E-state index >= 15 is 0 Å². The second-order valence-electron chi connectivity index (χ2n) is 4.81. The van der Waals surface area contributed by atoms with Crippen molar-refractivity contribution in [3.05, 3.63) is 78.4 Å². The zero-order valence-corrected chi connectivity index (χ0v) is 15.1. The molecule has 22 heavy (non-hydrogen) atoms. The van der Waals surface area contributed by atoms with Crippen LogP contribution in [0.3, 0.4) is 0 Å². The van der Waals surface area contributed by atoms with E-state index in [1.165, 1.54) is 11.1 Å². The van der Waals surface area contributed by atoms with Crippen molar-refractivity contribution in [1.82, 2.24) is 5.32 Å². The molecular weight excluding hydrogens is 385 g/mol. The Labute approximate surface area is 149 Å². The second-order valence-corrected chi connectivity index (χ2v) is 4.81. The second kappa shape index (κ2) is 10.00.